The Bertz CT molecular complexity index is 778. The van der Waals surface area contributed by atoms with Crippen LogP contribution in [-0.2, 0) is 0 Å². The predicted octanol–water partition coefficient (Wildman–Crippen LogP) is 1.93. The van der Waals surface area contributed by atoms with Gasteiger partial charge in [-0.3, -0.25) is 0 Å². The number of hydrogen-bond acceptors (Lipinski definition) is 5. The topological polar surface area (TPSA) is 89.8 Å². The van der Waals surface area contributed by atoms with Crippen LogP contribution < -0.4 is 5.73 Å². The molecule has 0 spiro atoms. The molecule has 6 heteroatoms. The number of aromatic nitrogens is 4. The molecule has 6 nitrogen and oxygen atoms in total. The molecule has 3 aromatic rings. The molecule has 0 aliphatic heterocycles. The summed E-state index contributed by atoms with van der Waals surface area (Å²) in [6.07, 6.45) is 3.01. The maximum Gasteiger partial charge on any atom is 0.168 e. The number of aliphatic hydroxyl groups excluding tert-OH is 1. The normalized spacial score (nSPS) is 10.7. The Morgan fingerprint density at radius 3 is 2.95 bits per heavy atom. The Morgan fingerprint density at radius 1 is 1.32 bits per heavy atom. The van der Waals surface area contributed by atoms with Crippen LogP contribution >= 0.6 is 0 Å². The second-order valence-corrected chi connectivity index (χ2v) is 4.05. The van der Waals surface area contributed by atoms with Gasteiger partial charge in [0.05, 0.1) is 17.3 Å². The van der Waals surface area contributed by atoms with Crippen LogP contribution in [0, 0.1) is 0 Å². The van der Waals surface area contributed by atoms with Gasteiger partial charge in [-0.15, -0.1) is 0 Å². The van der Waals surface area contributed by atoms with Gasteiger partial charge in [-0.05, 0) is 12.1 Å². The van der Waals surface area contributed by atoms with Crippen molar-refractivity contribution in [3.05, 3.63) is 48.9 Å². The molecule has 94 valence electrons. The van der Waals surface area contributed by atoms with Crippen LogP contribution in [0.25, 0.3) is 22.5 Å². The lowest BCUT2D eigenvalue weighted by Gasteiger charge is -2.05. The van der Waals surface area contributed by atoms with Crippen LogP contribution in [0.2, 0.25) is 0 Å². The Hall–Kier alpha value is -2.89. The first-order valence-corrected chi connectivity index (χ1v) is 5.59. The number of aliphatic hydroxyl groups is 1. The Kier molecular flexibility index (Phi) is 2.42. The monoisotopic (exact) mass is 253 g/mol. The highest BCUT2D eigenvalue weighted by Crippen LogP contribution is 2.21. The Balaban J connectivity index is 2.22. The van der Waals surface area contributed by atoms with Crippen molar-refractivity contribution in [1.82, 2.24) is 19.7 Å². The smallest absolute Gasteiger partial charge is 0.168 e. The van der Waals surface area contributed by atoms with Crippen LogP contribution in [0.1, 0.15) is 5.56 Å². The van der Waals surface area contributed by atoms with Crippen molar-refractivity contribution < 1.29 is 5.11 Å². The average Bonchev–Trinajstić information content (AvgIpc) is 2.84. The summed E-state index contributed by atoms with van der Waals surface area (Å²) in [5.74, 6) is 0.395. The minimum Gasteiger partial charge on any atom is -0.508 e. The van der Waals surface area contributed by atoms with Crippen LogP contribution in [0.4, 0.5) is 5.82 Å². The number of anilines is 1. The number of nitrogens with two attached hydrogens (primary N) is 1. The zero-order valence-corrected chi connectivity index (χ0v) is 9.98. The molecule has 19 heavy (non-hydrogen) atoms. The summed E-state index contributed by atoms with van der Waals surface area (Å²) in [5.41, 5.74) is 7.78. The molecule has 0 radical (unpaired) electrons. The molecule has 0 bridgehead atoms. The van der Waals surface area contributed by atoms with Crippen molar-refractivity contribution >= 4 is 22.6 Å². The minimum atomic E-state index is 0.00690. The van der Waals surface area contributed by atoms with Crippen LogP contribution in [0.3, 0.4) is 0 Å². The summed E-state index contributed by atoms with van der Waals surface area (Å²) in [7, 11) is 0. The lowest BCUT2D eigenvalue weighted by molar-refractivity contribution is 0.514. The van der Waals surface area contributed by atoms with E-state index in [0.717, 1.165) is 5.69 Å². The van der Waals surface area contributed by atoms with Crippen molar-refractivity contribution in [2.24, 2.45) is 0 Å². The fourth-order valence-corrected chi connectivity index (χ4v) is 1.87. The molecule has 0 fully saturated rings. The fourth-order valence-electron chi connectivity index (χ4n) is 1.87. The van der Waals surface area contributed by atoms with Gasteiger partial charge < -0.3 is 10.8 Å². The van der Waals surface area contributed by atoms with Crippen molar-refractivity contribution in [2.75, 3.05) is 5.73 Å². The lowest BCUT2D eigenvalue weighted by atomic mass is 10.2. The van der Waals surface area contributed by atoms with Crippen molar-refractivity contribution in [1.29, 1.82) is 0 Å². The number of benzene rings is 1. The van der Waals surface area contributed by atoms with Gasteiger partial charge in [0.25, 0.3) is 0 Å². The second kappa shape index (κ2) is 4.09. The number of rotatable bonds is 2. The molecule has 0 unspecified atom stereocenters. The van der Waals surface area contributed by atoms with Gasteiger partial charge in [-0.1, -0.05) is 18.7 Å². The first-order chi connectivity index (χ1) is 9.16. The molecule has 2 heterocycles. The van der Waals surface area contributed by atoms with E-state index in [1.54, 1.807) is 23.0 Å². The standard InChI is InChI=1S/C13H11N5O/c1-8(19)9-3-2-4-10(5-9)18-13-11(6-17-18)12(14)15-7-16-13/h2-7,19H,1H2,(H2,14,15,16). The van der Waals surface area contributed by atoms with Crippen LogP contribution in [0.15, 0.2) is 43.4 Å². The summed E-state index contributed by atoms with van der Waals surface area (Å²) in [6, 6.07) is 7.20. The van der Waals surface area contributed by atoms with Crippen LogP contribution in [-0.4, -0.2) is 24.9 Å². The molecule has 0 saturated carbocycles. The molecule has 3 N–H and O–H groups in total. The quantitative estimate of drug-likeness (QED) is 0.681. The first-order valence-electron chi connectivity index (χ1n) is 5.59. The highest BCUT2D eigenvalue weighted by molar-refractivity contribution is 5.85. The molecule has 2 aromatic heterocycles. The van der Waals surface area contributed by atoms with Gasteiger partial charge in [0, 0.05) is 5.56 Å². The van der Waals surface area contributed by atoms with Gasteiger partial charge in [-0.25, -0.2) is 14.6 Å². The molecule has 1 aromatic carbocycles. The summed E-state index contributed by atoms with van der Waals surface area (Å²) in [6.45, 7) is 3.50. The summed E-state index contributed by atoms with van der Waals surface area (Å²) in [5, 5.41) is 14.4. The number of fused-ring (bicyclic) bond motifs is 1. The highest BCUT2D eigenvalue weighted by Gasteiger charge is 2.09. The molecule has 0 aliphatic carbocycles. The van der Waals surface area contributed by atoms with Crippen molar-refractivity contribution in [3.8, 4) is 5.69 Å². The maximum atomic E-state index is 9.43. The van der Waals surface area contributed by atoms with Gasteiger partial charge in [0.15, 0.2) is 5.65 Å². The van der Waals surface area contributed by atoms with E-state index < -0.39 is 0 Å². The van der Waals surface area contributed by atoms with E-state index in [9.17, 15) is 5.11 Å². The largest absolute Gasteiger partial charge is 0.508 e. The van der Waals surface area contributed by atoms with Crippen molar-refractivity contribution in [2.45, 2.75) is 0 Å². The van der Waals surface area contributed by atoms with E-state index in [4.69, 9.17) is 5.73 Å². The third-order valence-electron chi connectivity index (χ3n) is 2.82. The van der Waals surface area contributed by atoms with E-state index in [1.165, 1.54) is 6.33 Å². The zero-order valence-electron chi connectivity index (χ0n) is 9.98. The van der Waals surface area contributed by atoms with Gasteiger partial charge in [0.1, 0.15) is 17.9 Å². The van der Waals surface area contributed by atoms with E-state index in [2.05, 4.69) is 21.6 Å². The van der Waals surface area contributed by atoms with Crippen molar-refractivity contribution in [3.63, 3.8) is 0 Å². The molecular formula is C13H11N5O. The Morgan fingerprint density at radius 2 is 2.16 bits per heavy atom. The van der Waals surface area contributed by atoms with E-state index in [-0.39, 0.29) is 5.76 Å². The number of nitrogen functional groups attached to an aromatic ring is 1. The average molecular weight is 253 g/mol. The van der Waals surface area contributed by atoms with Gasteiger partial charge in [0.2, 0.25) is 0 Å². The second-order valence-electron chi connectivity index (χ2n) is 4.05. The van der Waals surface area contributed by atoms with E-state index in [0.29, 0.717) is 22.4 Å². The summed E-state index contributed by atoms with van der Waals surface area (Å²) < 4.78 is 1.64. The predicted molar refractivity (Wildman–Crippen MR) is 72.7 cm³/mol. The van der Waals surface area contributed by atoms with E-state index >= 15 is 0 Å². The van der Waals surface area contributed by atoms with Crippen LogP contribution in [0.5, 0.6) is 0 Å². The zero-order chi connectivity index (χ0) is 13.4. The molecule has 0 atom stereocenters. The lowest BCUT2D eigenvalue weighted by Crippen LogP contribution is -1.99. The fraction of sp³-hybridized carbons (Fsp3) is 0. The molecule has 0 amide bonds. The third-order valence-corrected chi connectivity index (χ3v) is 2.82. The van der Waals surface area contributed by atoms with E-state index in [1.807, 2.05) is 12.1 Å². The van der Waals surface area contributed by atoms with Gasteiger partial charge >= 0.3 is 0 Å². The third kappa shape index (κ3) is 1.79. The number of hydrogen-bond donors (Lipinski definition) is 2. The first kappa shape index (κ1) is 11.2. The SMILES string of the molecule is C=C(O)c1cccc(-n2ncc3c(N)ncnc32)c1. The summed E-state index contributed by atoms with van der Waals surface area (Å²) in [4.78, 5) is 8.10. The minimum absolute atomic E-state index is 0.00690. The highest BCUT2D eigenvalue weighted by atomic mass is 16.3. The number of nitrogens with zero attached hydrogens (tertiary/aromatic N) is 4. The van der Waals surface area contributed by atoms with Gasteiger partial charge in [-0.2, -0.15) is 5.10 Å². The maximum absolute atomic E-state index is 9.43. The Labute approximate surface area is 108 Å². The molecule has 3 rings (SSSR count). The molecular weight excluding hydrogens is 242 g/mol. The molecule has 0 saturated heterocycles. The molecule has 0 aliphatic rings. The summed E-state index contributed by atoms with van der Waals surface area (Å²) >= 11 is 0.